The first-order chi connectivity index (χ1) is 8.66. The van der Waals surface area contributed by atoms with Crippen molar-refractivity contribution in [1.29, 1.82) is 0 Å². The van der Waals surface area contributed by atoms with Gasteiger partial charge in [-0.15, -0.1) is 0 Å². The van der Waals surface area contributed by atoms with Crippen LogP contribution in [0.5, 0.6) is 0 Å². The average molecular weight is 271 g/mol. The summed E-state index contributed by atoms with van der Waals surface area (Å²) in [5, 5.41) is 3.35. The largest absolute Gasteiger partial charge is 0.368 e. The van der Waals surface area contributed by atoms with Crippen molar-refractivity contribution in [2.45, 2.75) is 32.6 Å². The molecule has 1 fully saturated rings. The molecule has 2 rings (SSSR count). The van der Waals surface area contributed by atoms with E-state index in [0.717, 1.165) is 31.6 Å². The number of hydrogen-bond donors (Lipinski definition) is 3. The van der Waals surface area contributed by atoms with Gasteiger partial charge < -0.3 is 5.32 Å². The lowest BCUT2D eigenvalue weighted by molar-refractivity contribution is -0.127. The Hall–Kier alpha value is -1.23. The van der Waals surface area contributed by atoms with Crippen molar-refractivity contribution in [1.82, 2.24) is 16.2 Å². The first-order valence-corrected chi connectivity index (χ1v) is 6.76. The highest BCUT2D eigenvalue weighted by Gasteiger charge is 2.24. The Labute approximate surface area is 112 Å². The Balaban J connectivity index is 1.80. The van der Waals surface area contributed by atoms with E-state index in [-0.39, 0.29) is 11.8 Å². The van der Waals surface area contributed by atoms with Gasteiger partial charge in [0.1, 0.15) is 5.16 Å². The van der Waals surface area contributed by atoms with Crippen molar-refractivity contribution in [2.24, 2.45) is 16.8 Å². The van der Waals surface area contributed by atoms with Gasteiger partial charge in [0, 0.05) is 12.1 Å². The van der Waals surface area contributed by atoms with Crippen LogP contribution in [-0.4, -0.2) is 18.7 Å². The number of rotatable bonds is 3. The highest BCUT2D eigenvalue weighted by atomic mass is 35.5. The van der Waals surface area contributed by atoms with Crippen molar-refractivity contribution in [3.05, 3.63) is 11.0 Å². The predicted octanol–water partition coefficient (Wildman–Crippen LogP) is 1.47. The van der Waals surface area contributed by atoms with Gasteiger partial charge in [-0.25, -0.2) is 4.99 Å². The number of halogens is 1. The molecule has 0 unspecified atom stereocenters. The third-order valence-electron chi connectivity index (χ3n) is 3.47. The molecule has 0 aromatic rings. The van der Waals surface area contributed by atoms with E-state index in [9.17, 15) is 4.79 Å². The molecule has 6 heteroatoms. The first-order valence-electron chi connectivity index (χ1n) is 6.39. The van der Waals surface area contributed by atoms with Crippen molar-refractivity contribution >= 4 is 23.7 Å². The van der Waals surface area contributed by atoms with E-state index in [2.05, 4.69) is 28.1 Å². The maximum atomic E-state index is 11.9. The van der Waals surface area contributed by atoms with E-state index in [1.54, 1.807) is 6.21 Å². The molecule has 0 bridgehead atoms. The zero-order valence-electron chi connectivity index (χ0n) is 10.5. The van der Waals surface area contributed by atoms with E-state index in [1.165, 1.54) is 0 Å². The molecule has 18 heavy (non-hydrogen) atoms. The van der Waals surface area contributed by atoms with Gasteiger partial charge in [-0.05, 0) is 31.6 Å². The zero-order valence-corrected chi connectivity index (χ0v) is 11.3. The van der Waals surface area contributed by atoms with Crippen molar-refractivity contribution in [2.75, 3.05) is 6.54 Å². The van der Waals surface area contributed by atoms with Crippen LogP contribution in [-0.2, 0) is 4.79 Å². The lowest BCUT2D eigenvalue weighted by Crippen LogP contribution is -2.42. The molecule has 0 aromatic carbocycles. The third-order valence-corrected chi connectivity index (χ3v) is 3.78. The van der Waals surface area contributed by atoms with Crippen molar-refractivity contribution in [3.63, 3.8) is 0 Å². The van der Waals surface area contributed by atoms with E-state index >= 15 is 0 Å². The van der Waals surface area contributed by atoms with Crippen LogP contribution in [0.25, 0.3) is 0 Å². The molecular formula is C12H19ClN4O. The van der Waals surface area contributed by atoms with Crippen LogP contribution < -0.4 is 16.2 Å². The lowest BCUT2D eigenvalue weighted by atomic mass is 9.83. The van der Waals surface area contributed by atoms with Crippen LogP contribution in [0.4, 0.5) is 0 Å². The first kappa shape index (κ1) is 13.2. The summed E-state index contributed by atoms with van der Waals surface area (Å²) in [7, 11) is 0. The van der Waals surface area contributed by atoms with Crippen LogP contribution >= 0.6 is 11.6 Å². The molecule has 100 valence electrons. The molecule has 0 aromatic heterocycles. The van der Waals surface area contributed by atoms with Gasteiger partial charge in [0.15, 0.2) is 5.82 Å². The summed E-state index contributed by atoms with van der Waals surface area (Å²) in [6.07, 6.45) is 5.87. The van der Waals surface area contributed by atoms with Crippen LogP contribution in [0.3, 0.4) is 0 Å². The number of hydrogen-bond acceptors (Lipinski definition) is 4. The van der Waals surface area contributed by atoms with E-state index < -0.39 is 0 Å². The fraction of sp³-hybridized carbons (Fsp3) is 0.667. The molecule has 1 saturated carbocycles. The molecule has 0 radical (unpaired) electrons. The van der Waals surface area contributed by atoms with Crippen LogP contribution in [0.1, 0.15) is 32.6 Å². The number of carbonyl (C=O) groups excluding carboxylic acids is 1. The molecule has 1 aliphatic heterocycles. The number of carbonyl (C=O) groups is 1. The predicted molar refractivity (Wildman–Crippen MR) is 71.8 cm³/mol. The normalized spacial score (nSPS) is 27.7. The summed E-state index contributed by atoms with van der Waals surface area (Å²) in [5.41, 5.74) is 5.45. The summed E-state index contributed by atoms with van der Waals surface area (Å²) >= 11 is 5.91. The number of nitrogens with one attached hydrogen (secondary N) is 3. The molecule has 3 N–H and O–H groups in total. The third kappa shape index (κ3) is 3.38. The van der Waals surface area contributed by atoms with Gasteiger partial charge >= 0.3 is 0 Å². The summed E-state index contributed by atoms with van der Waals surface area (Å²) in [4.78, 5) is 16.0. The Morgan fingerprint density at radius 1 is 1.44 bits per heavy atom. The van der Waals surface area contributed by atoms with Gasteiger partial charge in [0.05, 0.1) is 6.54 Å². The maximum absolute atomic E-state index is 11.9. The number of hydrazine groups is 1. The van der Waals surface area contributed by atoms with Gasteiger partial charge in [-0.2, -0.15) is 0 Å². The van der Waals surface area contributed by atoms with Gasteiger partial charge in [-0.1, -0.05) is 18.5 Å². The lowest BCUT2D eigenvalue weighted by Gasteiger charge is -2.25. The molecule has 1 amide bonds. The number of aliphatic imine (C=N–C) groups is 1. The smallest absolute Gasteiger partial charge is 0.241 e. The van der Waals surface area contributed by atoms with Crippen molar-refractivity contribution in [3.8, 4) is 0 Å². The van der Waals surface area contributed by atoms with Gasteiger partial charge in [0.25, 0.3) is 0 Å². The second kappa shape index (κ2) is 6.09. The van der Waals surface area contributed by atoms with Crippen LogP contribution in [0.15, 0.2) is 16.0 Å². The standard InChI is InChI=1S/C12H19ClN4O/c1-8-2-4-9(5-3-8)12(18)17-16-11-10(13)14-6-7-15-11/h7-9,14,16H,2-6H2,1H3,(H,17,18)/t8-,9-. The number of nitrogens with zero attached hydrogens (tertiary/aromatic N) is 1. The fourth-order valence-electron chi connectivity index (χ4n) is 2.24. The van der Waals surface area contributed by atoms with Gasteiger partial charge in [-0.3, -0.25) is 15.6 Å². The molecule has 5 nitrogen and oxygen atoms in total. The second-order valence-corrected chi connectivity index (χ2v) is 5.30. The highest BCUT2D eigenvalue weighted by molar-refractivity contribution is 6.29. The maximum Gasteiger partial charge on any atom is 0.241 e. The van der Waals surface area contributed by atoms with Crippen molar-refractivity contribution < 1.29 is 4.79 Å². The topological polar surface area (TPSA) is 65.5 Å². The minimum Gasteiger partial charge on any atom is -0.368 e. The molecule has 1 aliphatic carbocycles. The van der Waals surface area contributed by atoms with E-state index in [4.69, 9.17) is 11.6 Å². The minimum atomic E-state index is 0.0274. The Morgan fingerprint density at radius 3 is 2.83 bits per heavy atom. The SMILES string of the molecule is C[C@H]1CC[C@H](C(=O)NNC2=C(Cl)NCC=N2)CC1. The fourth-order valence-corrected chi connectivity index (χ4v) is 2.42. The molecule has 1 heterocycles. The zero-order chi connectivity index (χ0) is 13.0. The monoisotopic (exact) mass is 270 g/mol. The summed E-state index contributed by atoms with van der Waals surface area (Å²) in [5.74, 6) is 1.33. The summed E-state index contributed by atoms with van der Waals surface area (Å²) in [6, 6.07) is 0. The van der Waals surface area contributed by atoms with Crippen LogP contribution in [0.2, 0.25) is 0 Å². The average Bonchev–Trinajstić information content (AvgIpc) is 2.38. The Morgan fingerprint density at radius 2 is 2.17 bits per heavy atom. The van der Waals surface area contributed by atoms with E-state index in [1.807, 2.05) is 0 Å². The second-order valence-electron chi connectivity index (χ2n) is 4.93. The number of amides is 1. The minimum absolute atomic E-state index is 0.0274. The Kier molecular flexibility index (Phi) is 4.47. The summed E-state index contributed by atoms with van der Waals surface area (Å²) in [6.45, 7) is 2.85. The molecule has 2 aliphatic rings. The van der Waals surface area contributed by atoms with E-state index in [0.29, 0.717) is 17.5 Å². The van der Waals surface area contributed by atoms with Gasteiger partial charge in [0.2, 0.25) is 5.91 Å². The Bertz CT molecular complexity index is 372. The molecule has 0 spiro atoms. The van der Waals surface area contributed by atoms with Crippen LogP contribution in [0, 0.1) is 11.8 Å². The molecule has 0 saturated heterocycles. The summed E-state index contributed by atoms with van der Waals surface area (Å²) < 4.78 is 0. The highest BCUT2D eigenvalue weighted by Crippen LogP contribution is 2.28. The molecular weight excluding hydrogens is 252 g/mol. The molecule has 0 atom stereocenters. The quantitative estimate of drug-likeness (QED) is 0.538.